The molecule has 0 aromatic heterocycles. The van der Waals surface area contributed by atoms with Crippen LogP contribution in [0.1, 0.15) is 48.4 Å². The zero-order valence-corrected chi connectivity index (χ0v) is 12.2. The Labute approximate surface area is 111 Å². The third kappa shape index (κ3) is 2.95. The lowest BCUT2D eigenvalue weighted by molar-refractivity contribution is 0.109. The molecule has 0 bridgehead atoms. The van der Waals surface area contributed by atoms with Gasteiger partial charge in [0.2, 0.25) is 0 Å². The third-order valence-electron chi connectivity index (χ3n) is 4.53. The van der Waals surface area contributed by atoms with Gasteiger partial charge in [0.05, 0.1) is 6.10 Å². The normalized spacial score (nSPS) is 25.4. The highest BCUT2D eigenvalue weighted by molar-refractivity contribution is 5.37. The molecule has 1 aromatic rings. The maximum absolute atomic E-state index is 10.4. The van der Waals surface area contributed by atoms with Gasteiger partial charge in [-0.15, -0.1) is 0 Å². The van der Waals surface area contributed by atoms with E-state index in [0.717, 1.165) is 12.3 Å². The van der Waals surface area contributed by atoms with Crippen molar-refractivity contribution in [1.29, 1.82) is 0 Å². The summed E-state index contributed by atoms with van der Waals surface area (Å²) in [6.07, 6.45) is 4.36. The van der Waals surface area contributed by atoms with Crippen LogP contribution in [0.15, 0.2) is 12.1 Å². The molecule has 1 aliphatic carbocycles. The van der Waals surface area contributed by atoms with Gasteiger partial charge in [0.25, 0.3) is 0 Å². The lowest BCUT2D eigenvalue weighted by Crippen LogP contribution is -2.21. The quantitative estimate of drug-likeness (QED) is 0.856. The Bertz CT molecular complexity index is 399. The van der Waals surface area contributed by atoms with Crippen molar-refractivity contribution in [3.63, 3.8) is 0 Å². The van der Waals surface area contributed by atoms with Gasteiger partial charge >= 0.3 is 0 Å². The van der Waals surface area contributed by atoms with Gasteiger partial charge in [-0.25, -0.2) is 0 Å². The Morgan fingerprint density at radius 2 is 1.78 bits per heavy atom. The maximum Gasteiger partial charge on any atom is 0.0609 e. The van der Waals surface area contributed by atoms with Crippen molar-refractivity contribution in [2.45, 2.75) is 59.5 Å². The molecule has 1 aromatic carbocycles. The first kappa shape index (κ1) is 13.6. The fourth-order valence-corrected chi connectivity index (χ4v) is 3.51. The molecule has 1 fully saturated rings. The molecule has 3 atom stereocenters. The zero-order valence-electron chi connectivity index (χ0n) is 12.2. The number of aliphatic hydroxyl groups excluding tert-OH is 1. The highest BCUT2D eigenvalue weighted by Crippen LogP contribution is 2.34. The molecule has 1 aliphatic rings. The molecule has 3 unspecified atom stereocenters. The van der Waals surface area contributed by atoms with E-state index in [1.54, 1.807) is 0 Å². The van der Waals surface area contributed by atoms with E-state index in [1.807, 2.05) is 0 Å². The highest BCUT2D eigenvalue weighted by atomic mass is 16.3. The monoisotopic (exact) mass is 246 g/mol. The van der Waals surface area contributed by atoms with Gasteiger partial charge in [-0.05, 0) is 68.6 Å². The maximum atomic E-state index is 10.4. The summed E-state index contributed by atoms with van der Waals surface area (Å²) in [6, 6.07) is 4.46. The predicted octanol–water partition coefficient (Wildman–Crippen LogP) is 3.95. The summed E-state index contributed by atoms with van der Waals surface area (Å²) in [7, 11) is 0. The molecule has 0 amide bonds. The Kier molecular flexibility index (Phi) is 4.11. The van der Waals surface area contributed by atoms with E-state index in [1.165, 1.54) is 41.5 Å². The molecule has 18 heavy (non-hydrogen) atoms. The number of benzene rings is 1. The summed E-state index contributed by atoms with van der Waals surface area (Å²) in [5.41, 5.74) is 5.33. The van der Waals surface area contributed by atoms with E-state index in [4.69, 9.17) is 0 Å². The van der Waals surface area contributed by atoms with Gasteiger partial charge in [-0.1, -0.05) is 31.0 Å². The Morgan fingerprint density at radius 1 is 1.17 bits per heavy atom. The van der Waals surface area contributed by atoms with Crippen LogP contribution in [-0.2, 0) is 6.42 Å². The minimum absolute atomic E-state index is 0.157. The molecule has 1 nitrogen and oxygen atoms in total. The van der Waals surface area contributed by atoms with Crippen LogP contribution in [-0.4, -0.2) is 11.2 Å². The second-order valence-electron chi connectivity index (χ2n) is 6.33. The summed E-state index contributed by atoms with van der Waals surface area (Å²) in [5, 5.41) is 10.4. The van der Waals surface area contributed by atoms with Crippen molar-refractivity contribution in [1.82, 2.24) is 0 Å². The fraction of sp³-hybridized carbons (Fsp3) is 0.647. The first-order valence-corrected chi connectivity index (χ1v) is 7.22. The van der Waals surface area contributed by atoms with Gasteiger partial charge in [-0.2, -0.15) is 0 Å². The molecule has 0 radical (unpaired) electrons. The molecule has 1 heteroatoms. The smallest absolute Gasteiger partial charge is 0.0609 e. The van der Waals surface area contributed by atoms with E-state index in [0.29, 0.717) is 5.92 Å². The second-order valence-corrected chi connectivity index (χ2v) is 6.33. The first-order valence-electron chi connectivity index (χ1n) is 7.22. The van der Waals surface area contributed by atoms with Crippen LogP contribution in [0.25, 0.3) is 0 Å². The summed E-state index contributed by atoms with van der Waals surface area (Å²) in [5.74, 6) is 1.31. The van der Waals surface area contributed by atoms with Gasteiger partial charge in [-0.3, -0.25) is 0 Å². The zero-order chi connectivity index (χ0) is 13.3. The van der Waals surface area contributed by atoms with Crippen LogP contribution in [0.3, 0.4) is 0 Å². The molecule has 1 saturated carbocycles. The molecule has 100 valence electrons. The first-order chi connectivity index (χ1) is 8.47. The third-order valence-corrected chi connectivity index (χ3v) is 4.53. The number of hydrogen-bond donors (Lipinski definition) is 1. The van der Waals surface area contributed by atoms with E-state index < -0.39 is 0 Å². The Hall–Kier alpha value is -0.820. The molecular weight excluding hydrogens is 220 g/mol. The number of hydrogen-bond acceptors (Lipinski definition) is 1. The van der Waals surface area contributed by atoms with Crippen LogP contribution >= 0.6 is 0 Å². The van der Waals surface area contributed by atoms with Crippen LogP contribution in [0, 0.1) is 32.6 Å². The minimum Gasteiger partial charge on any atom is -0.392 e. The summed E-state index contributed by atoms with van der Waals surface area (Å²) in [6.45, 7) is 8.77. The van der Waals surface area contributed by atoms with Crippen molar-refractivity contribution in [3.8, 4) is 0 Å². The van der Waals surface area contributed by atoms with E-state index in [2.05, 4.69) is 39.8 Å². The van der Waals surface area contributed by atoms with Gasteiger partial charge in [0.15, 0.2) is 0 Å². The average Bonchev–Trinajstić information content (AvgIpc) is 2.70. The van der Waals surface area contributed by atoms with Crippen LogP contribution in [0.4, 0.5) is 0 Å². The van der Waals surface area contributed by atoms with Crippen molar-refractivity contribution in [2.75, 3.05) is 0 Å². The molecule has 0 heterocycles. The number of rotatable bonds is 3. The van der Waals surface area contributed by atoms with E-state index >= 15 is 0 Å². The second kappa shape index (κ2) is 5.44. The van der Waals surface area contributed by atoms with Gasteiger partial charge < -0.3 is 5.11 Å². The van der Waals surface area contributed by atoms with Crippen molar-refractivity contribution in [2.24, 2.45) is 11.8 Å². The summed E-state index contributed by atoms with van der Waals surface area (Å²) >= 11 is 0. The lowest BCUT2D eigenvalue weighted by Gasteiger charge is -2.20. The van der Waals surface area contributed by atoms with Gasteiger partial charge in [0.1, 0.15) is 0 Å². The van der Waals surface area contributed by atoms with Crippen LogP contribution in [0.5, 0.6) is 0 Å². The topological polar surface area (TPSA) is 20.2 Å². The molecule has 0 spiro atoms. The van der Waals surface area contributed by atoms with Crippen molar-refractivity contribution in [3.05, 3.63) is 34.4 Å². The highest BCUT2D eigenvalue weighted by Gasteiger charge is 2.28. The van der Waals surface area contributed by atoms with Crippen molar-refractivity contribution < 1.29 is 5.11 Å². The van der Waals surface area contributed by atoms with Gasteiger partial charge in [0, 0.05) is 0 Å². The minimum atomic E-state index is -0.157. The largest absolute Gasteiger partial charge is 0.392 e. The number of aryl methyl sites for hydroxylation is 3. The van der Waals surface area contributed by atoms with E-state index in [-0.39, 0.29) is 6.10 Å². The summed E-state index contributed by atoms with van der Waals surface area (Å²) in [4.78, 5) is 0. The standard InChI is InChI=1S/C17H26O/c1-11-5-6-15(9-11)17(18)10-16-13(3)7-12(2)8-14(16)4/h7-8,11,15,17-18H,5-6,9-10H2,1-4H3. The Balaban J connectivity index is 2.09. The molecular formula is C17H26O. The number of aliphatic hydroxyl groups is 1. The van der Waals surface area contributed by atoms with E-state index in [9.17, 15) is 5.11 Å². The van der Waals surface area contributed by atoms with Crippen LogP contribution in [0.2, 0.25) is 0 Å². The average molecular weight is 246 g/mol. The predicted molar refractivity (Wildman–Crippen MR) is 76.9 cm³/mol. The van der Waals surface area contributed by atoms with Crippen molar-refractivity contribution >= 4 is 0 Å². The Morgan fingerprint density at radius 3 is 2.28 bits per heavy atom. The lowest BCUT2D eigenvalue weighted by atomic mass is 9.89. The molecule has 0 saturated heterocycles. The fourth-order valence-electron chi connectivity index (χ4n) is 3.51. The SMILES string of the molecule is Cc1cc(C)c(CC(O)C2CCC(C)C2)c(C)c1. The van der Waals surface area contributed by atoms with Crippen LogP contribution < -0.4 is 0 Å². The molecule has 1 N–H and O–H groups in total. The molecule has 0 aliphatic heterocycles. The molecule has 2 rings (SSSR count). The summed E-state index contributed by atoms with van der Waals surface area (Å²) < 4.78 is 0.